The molecule has 1 atom stereocenters. The first-order valence-electron chi connectivity index (χ1n) is 4.61. The summed E-state index contributed by atoms with van der Waals surface area (Å²) in [4.78, 5) is 2.30. The van der Waals surface area contributed by atoms with E-state index in [0.717, 1.165) is 26.2 Å². The Hall–Kier alpha value is -0.120. The Balaban J connectivity index is 3.26. The summed E-state index contributed by atoms with van der Waals surface area (Å²) in [6.45, 7) is 8.30. The first-order valence-corrected chi connectivity index (χ1v) is 4.61. The molecule has 12 heavy (non-hydrogen) atoms. The number of nitrogens with one attached hydrogen (secondary N) is 1. The zero-order valence-corrected chi connectivity index (χ0v) is 8.76. The average molecular weight is 174 g/mol. The third kappa shape index (κ3) is 6.58. The van der Waals surface area contributed by atoms with Gasteiger partial charge >= 0.3 is 0 Å². The zero-order chi connectivity index (χ0) is 9.40. The number of rotatable bonds is 7. The van der Waals surface area contributed by atoms with Crippen LogP contribution in [0.1, 0.15) is 13.8 Å². The molecule has 0 aromatic carbocycles. The Bertz CT molecular complexity index is 98.5. The Morgan fingerprint density at radius 3 is 2.67 bits per heavy atom. The van der Waals surface area contributed by atoms with Gasteiger partial charge in [0, 0.05) is 26.2 Å². The van der Waals surface area contributed by atoms with Crippen LogP contribution in [0, 0.1) is 0 Å². The quantitative estimate of drug-likeness (QED) is 0.571. The summed E-state index contributed by atoms with van der Waals surface area (Å²) in [6.07, 6.45) is 0. The van der Waals surface area contributed by atoms with Crippen LogP contribution in [0.3, 0.4) is 0 Å². The molecule has 0 saturated carbocycles. The second-order valence-electron chi connectivity index (χ2n) is 3.20. The summed E-state index contributed by atoms with van der Waals surface area (Å²) in [5.41, 5.74) is 0. The summed E-state index contributed by atoms with van der Waals surface area (Å²) in [6, 6.07) is 0.546. The van der Waals surface area contributed by atoms with Gasteiger partial charge in [-0.05, 0) is 20.5 Å². The van der Waals surface area contributed by atoms with Crippen molar-refractivity contribution in [3.63, 3.8) is 0 Å². The van der Waals surface area contributed by atoms with E-state index in [9.17, 15) is 0 Å². The molecule has 0 amide bonds. The van der Waals surface area contributed by atoms with Gasteiger partial charge in [0.15, 0.2) is 0 Å². The summed E-state index contributed by atoms with van der Waals surface area (Å²) in [5, 5.41) is 3.38. The topological polar surface area (TPSA) is 24.5 Å². The number of ether oxygens (including phenoxy) is 1. The van der Waals surface area contributed by atoms with Crippen LogP contribution in [0.4, 0.5) is 0 Å². The van der Waals surface area contributed by atoms with Crippen LogP contribution in [0.5, 0.6) is 0 Å². The molecular weight excluding hydrogens is 152 g/mol. The lowest BCUT2D eigenvalue weighted by Crippen LogP contribution is -2.38. The normalized spacial score (nSPS) is 13.8. The van der Waals surface area contributed by atoms with E-state index in [2.05, 4.69) is 31.1 Å². The first-order chi connectivity index (χ1) is 5.70. The molecule has 0 spiro atoms. The minimum Gasteiger partial charge on any atom is -0.383 e. The Morgan fingerprint density at radius 2 is 2.17 bits per heavy atom. The predicted molar refractivity (Wildman–Crippen MR) is 52.5 cm³/mol. The van der Waals surface area contributed by atoms with E-state index in [0.29, 0.717) is 6.04 Å². The highest BCUT2D eigenvalue weighted by Crippen LogP contribution is 1.86. The second kappa shape index (κ2) is 7.53. The highest BCUT2D eigenvalue weighted by Gasteiger charge is 2.02. The fraction of sp³-hybridized carbons (Fsp3) is 1.00. The molecule has 3 nitrogen and oxygen atoms in total. The summed E-state index contributed by atoms with van der Waals surface area (Å²) < 4.78 is 4.95. The van der Waals surface area contributed by atoms with E-state index in [-0.39, 0.29) is 0 Å². The molecule has 0 aromatic heterocycles. The molecule has 0 radical (unpaired) electrons. The lowest BCUT2D eigenvalue weighted by atomic mass is 10.3. The van der Waals surface area contributed by atoms with Gasteiger partial charge in [0.1, 0.15) is 0 Å². The van der Waals surface area contributed by atoms with Gasteiger partial charge in [-0.1, -0.05) is 6.92 Å². The third-order valence-corrected chi connectivity index (χ3v) is 1.92. The molecule has 1 N–H and O–H groups in total. The zero-order valence-electron chi connectivity index (χ0n) is 8.76. The fourth-order valence-electron chi connectivity index (χ4n) is 1.07. The number of hydrogen-bond acceptors (Lipinski definition) is 3. The van der Waals surface area contributed by atoms with Crippen molar-refractivity contribution in [2.75, 3.05) is 40.4 Å². The van der Waals surface area contributed by atoms with Gasteiger partial charge in [0.25, 0.3) is 0 Å². The van der Waals surface area contributed by atoms with E-state index in [1.54, 1.807) is 7.11 Å². The SMILES string of the molecule is CCN(C)CC(C)NCCOC. The molecule has 0 bridgehead atoms. The van der Waals surface area contributed by atoms with Crippen LogP contribution < -0.4 is 5.32 Å². The van der Waals surface area contributed by atoms with E-state index in [1.807, 2.05) is 0 Å². The standard InChI is InChI=1S/C9H22N2O/c1-5-11(3)8-9(2)10-6-7-12-4/h9-10H,5-8H2,1-4H3. The monoisotopic (exact) mass is 174 g/mol. The summed E-state index contributed by atoms with van der Waals surface area (Å²) in [7, 11) is 3.86. The van der Waals surface area contributed by atoms with Crippen molar-refractivity contribution in [3.8, 4) is 0 Å². The molecule has 0 aliphatic heterocycles. The minimum atomic E-state index is 0.546. The van der Waals surface area contributed by atoms with Crippen LogP contribution in [-0.2, 0) is 4.74 Å². The fourth-order valence-corrected chi connectivity index (χ4v) is 1.07. The maximum absolute atomic E-state index is 4.95. The van der Waals surface area contributed by atoms with Crippen molar-refractivity contribution in [1.82, 2.24) is 10.2 Å². The minimum absolute atomic E-state index is 0.546. The molecule has 1 unspecified atom stereocenters. The maximum Gasteiger partial charge on any atom is 0.0587 e. The molecule has 0 heterocycles. The number of nitrogens with zero attached hydrogens (tertiary/aromatic N) is 1. The molecule has 0 aliphatic rings. The summed E-state index contributed by atoms with van der Waals surface area (Å²) in [5.74, 6) is 0. The van der Waals surface area contributed by atoms with E-state index < -0.39 is 0 Å². The van der Waals surface area contributed by atoms with Gasteiger partial charge in [-0.2, -0.15) is 0 Å². The van der Waals surface area contributed by atoms with Crippen molar-refractivity contribution >= 4 is 0 Å². The van der Waals surface area contributed by atoms with Gasteiger partial charge in [0.05, 0.1) is 6.61 Å². The van der Waals surface area contributed by atoms with E-state index in [4.69, 9.17) is 4.74 Å². The summed E-state index contributed by atoms with van der Waals surface area (Å²) >= 11 is 0. The third-order valence-electron chi connectivity index (χ3n) is 1.92. The molecule has 0 fully saturated rings. The van der Waals surface area contributed by atoms with Crippen LogP contribution >= 0.6 is 0 Å². The molecule has 74 valence electrons. The van der Waals surface area contributed by atoms with E-state index >= 15 is 0 Å². The molecule has 0 aliphatic carbocycles. The van der Waals surface area contributed by atoms with Crippen LogP contribution in [-0.4, -0.2) is 51.3 Å². The van der Waals surface area contributed by atoms with Crippen molar-refractivity contribution in [2.45, 2.75) is 19.9 Å². The Morgan fingerprint density at radius 1 is 1.50 bits per heavy atom. The average Bonchev–Trinajstić information content (AvgIpc) is 2.05. The molecule has 0 aromatic rings. The van der Waals surface area contributed by atoms with Crippen molar-refractivity contribution in [2.24, 2.45) is 0 Å². The van der Waals surface area contributed by atoms with Gasteiger partial charge in [0.2, 0.25) is 0 Å². The highest BCUT2D eigenvalue weighted by atomic mass is 16.5. The van der Waals surface area contributed by atoms with Crippen LogP contribution in [0.2, 0.25) is 0 Å². The number of hydrogen-bond donors (Lipinski definition) is 1. The lowest BCUT2D eigenvalue weighted by Gasteiger charge is -2.20. The lowest BCUT2D eigenvalue weighted by molar-refractivity contribution is 0.192. The maximum atomic E-state index is 4.95. The largest absolute Gasteiger partial charge is 0.383 e. The predicted octanol–water partition coefficient (Wildman–Crippen LogP) is 0.563. The molecular formula is C9H22N2O. The smallest absolute Gasteiger partial charge is 0.0587 e. The first kappa shape index (κ1) is 11.9. The van der Waals surface area contributed by atoms with Crippen molar-refractivity contribution < 1.29 is 4.74 Å². The number of likely N-dealkylation sites (N-methyl/N-ethyl adjacent to an activating group) is 1. The van der Waals surface area contributed by atoms with Gasteiger partial charge in [-0.3, -0.25) is 0 Å². The number of methoxy groups -OCH3 is 1. The van der Waals surface area contributed by atoms with Crippen LogP contribution in [0.15, 0.2) is 0 Å². The Labute approximate surface area is 76.1 Å². The molecule has 0 saturated heterocycles. The highest BCUT2D eigenvalue weighted by molar-refractivity contribution is 4.63. The Kier molecular flexibility index (Phi) is 7.45. The van der Waals surface area contributed by atoms with Gasteiger partial charge in [-0.25, -0.2) is 0 Å². The van der Waals surface area contributed by atoms with Crippen molar-refractivity contribution in [3.05, 3.63) is 0 Å². The van der Waals surface area contributed by atoms with Crippen molar-refractivity contribution in [1.29, 1.82) is 0 Å². The second-order valence-corrected chi connectivity index (χ2v) is 3.20. The molecule has 0 rings (SSSR count). The van der Waals surface area contributed by atoms with Gasteiger partial charge in [-0.15, -0.1) is 0 Å². The van der Waals surface area contributed by atoms with Gasteiger partial charge < -0.3 is 15.0 Å². The van der Waals surface area contributed by atoms with Crippen LogP contribution in [0.25, 0.3) is 0 Å². The van der Waals surface area contributed by atoms with E-state index in [1.165, 1.54) is 0 Å². The molecule has 3 heteroatoms.